The Labute approximate surface area is 128 Å². The third-order valence-electron chi connectivity index (χ3n) is 3.07. The molecule has 1 heterocycles. The highest BCUT2D eigenvalue weighted by Crippen LogP contribution is 2.34. The number of ether oxygens (including phenoxy) is 2. The maximum absolute atomic E-state index is 12.0. The Morgan fingerprint density at radius 2 is 2.09 bits per heavy atom. The van der Waals surface area contributed by atoms with Crippen LogP contribution in [0.15, 0.2) is 29.1 Å². The largest absolute Gasteiger partial charge is 0.497 e. The van der Waals surface area contributed by atoms with Gasteiger partial charge < -0.3 is 14.5 Å². The molecule has 2 aromatic rings. The van der Waals surface area contributed by atoms with Crippen LogP contribution in [0.5, 0.6) is 11.5 Å². The van der Waals surface area contributed by atoms with E-state index in [4.69, 9.17) is 15.9 Å². The average molecular weight is 294 g/mol. The summed E-state index contributed by atoms with van der Waals surface area (Å²) in [6, 6.07) is 8.78. The fourth-order valence-electron chi connectivity index (χ4n) is 2.10. The van der Waals surface area contributed by atoms with Crippen LogP contribution in [0.3, 0.4) is 0 Å². The normalized spacial score (nSPS) is 9.64. The van der Waals surface area contributed by atoms with Crippen molar-refractivity contribution in [2.75, 3.05) is 13.7 Å². The van der Waals surface area contributed by atoms with Gasteiger partial charge in [0.25, 0.3) is 5.56 Å². The standard InChI is InChI=1S/C17H14N2O3/c1-4-7-22-16-6-5-12(21-3)9-14(16)13-8-11(2)19-17(20)15(13)10-18/h1,5-6,8-9H,7H2,2-3H3,(H,19,20). The lowest BCUT2D eigenvalue weighted by molar-refractivity contribution is 0.369. The second-order valence-corrected chi connectivity index (χ2v) is 4.54. The quantitative estimate of drug-likeness (QED) is 0.877. The van der Waals surface area contributed by atoms with E-state index in [1.807, 2.05) is 6.07 Å². The van der Waals surface area contributed by atoms with Crippen LogP contribution in [-0.4, -0.2) is 18.7 Å². The second kappa shape index (κ2) is 6.51. The van der Waals surface area contributed by atoms with Crippen LogP contribution in [0.4, 0.5) is 0 Å². The number of hydrogen-bond donors (Lipinski definition) is 1. The van der Waals surface area contributed by atoms with E-state index in [1.54, 1.807) is 31.2 Å². The molecule has 0 aliphatic heterocycles. The minimum atomic E-state index is -0.441. The molecule has 0 aliphatic carbocycles. The van der Waals surface area contributed by atoms with Gasteiger partial charge in [0, 0.05) is 16.8 Å². The molecule has 0 fully saturated rings. The molecule has 0 radical (unpaired) electrons. The van der Waals surface area contributed by atoms with Crippen LogP contribution in [0.2, 0.25) is 0 Å². The van der Waals surface area contributed by atoms with Gasteiger partial charge >= 0.3 is 0 Å². The summed E-state index contributed by atoms with van der Waals surface area (Å²) in [5.41, 5.74) is 1.28. The molecule has 0 saturated carbocycles. The lowest BCUT2D eigenvalue weighted by Gasteiger charge is -2.13. The highest BCUT2D eigenvalue weighted by molar-refractivity contribution is 5.76. The number of rotatable bonds is 4. The monoisotopic (exact) mass is 294 g/mol. The molecule has 22 heavy (non-hydrogen) atoms. The van der Waals surface area contributed by atoms with Gasteiger partial charge in [0.15, 0.2) is 0 Å². The van der Waals surface area contributed by atoms with Crippen LogP contribution in [0.25, 0.3) is 11.1 Å². The summed E-state index contributed by atoms with van der Waals surface area (Å²) in [6.07, 6.45) is 5.22. The first-order chi connectivity index (χ1) is 10.6. The van der Waals surface area contributed by atoms with Crippen LogP contribution in [0.1, 0.15) is 11.3 Å². The van der Waals surface area contributed by atoms with Gasteiger partial charge in [-0.1, -0.05) is 5.92 Å². The first-order valence-electron chi connectivity index (χ1n) is 6.49. The molecule has 1 aromatic carbocycles. The summed E-state index contributed by atoms with van der Waals surface area (Å²) in [5, 5.41) is 9.27. The van der Waals surface area contributed by atoms with E-state index < -0.39 is 5.56 Å². The van der Waals surface area contributed by atoms with Crippen molar-refractivity contribution in [3.05, 3.63) is 45.9 Å². The van der Waals surface area contributed by atoms with Gasteiger partial charge in [-0.15, -0.1) is 6.42 Å². The van der Waals surface area contributed by atoms with Crippen molar-refractivity contribution < 1.29 is 9.47 Å². The van der Waals surface area contributed by atoms with Crippen molar-refractivity contribution in [1.29, 1.82) is 5.26 Å². The SMILES string of the molecule is C#CCOc1ccc(OC)cc1-c1cc(C)[nH]c(=O)c1C#N. The molecule has 0 spiro atoms. The summed E-state index contributed by atoms with van der Waals surface area (Å²) in [5.74, 6) is 3.46. The van der Waals surface area contributed by atoms with Crippen LogP contribution >= 0.6 is 0 Å². The maximum atomic E-state index is 12.0. The first kappa shape index (κ1) is 15.2. The number of nitrogens with zero attached hydrogens (tertiary/aromatic N) is 1. The number of nitrogens with one attached hydrogen (secondary N) is 1. The lowest BCUT2D eigenvalue weighted by atomic mass is 10.00. The number of terminal acetylenes is 1. The molecule has 110 valence electrons. The van der Waals surface area contributed by atoms with Gasteiger partial charge in [-0.2, -0.15) is 5.26 Å². The summed E-state index contributed by atoms with van der Waals surface area (Å²) in [7, 11) is 1.54. The molecule has 0 bridgehead atoms. The zero-order valence-electron chi connectivity index (χ0n) is 12.3. The van der Waals surface area contributed by atoms with Crippen molar-refractivity contribution in [1.82, 2.24) is 4.98 Å². The Bertz CT molecular complexity index is 838. The third-order valence-corrected chi connectivity index (χ3v) is 3.07. The van der Waals surface area contributed by atoms with E-state index >= 15 is 0 Å². The van der Waals surface area contributed by atoms with Crippen molar-refractivity contribution >= 4 is 0 Å². The maximum Gasteiger partial charge on any atom is 0.266 e. The van der Waals surface area contributed by atoms with Gasteiger partial charge in [0.2, 0.25) is 0 Å². The molecule has 2 rings (SSSR count). The molecule has 5 heteroatoms. The summed E-state index contributed by atoms with van der Waals surface area (Å²) < 4.78 is 10.7. The van der Waals surface area contributed by atoms with E-state index in [0.717, 1.165) is 0 Å². The van der Waals surface area contributed by atoms with Crippen molar-refractivity contribution in [3.63, 3.8) is 0 Å². The molecule has 1 N–H and O–H groups in total. The molecular weight excluding hydrogens is 280 g/mol. The predicted molar refractivity (Wildman–Crippen MR) is 82.8 cm³/mol. The van der Waals surface area contributed by atoms with Crippen LogP contribution < -0.4 is 15.0 Å². The molecule has 1 aromatic heterocycles. The fraction of sp³-hybridized carbons (Fsp3) is 0.176. The molecule has 0 amide bonds. The van der Waals surface area contributed by atoms with Crippen LogP contribution in [0, 0.1) is 30.6 Å². The van der Waals surface area contributed by atoms with Crippen molar-refractivity contribution in [3.8, 4) is 41.0 Å². The number of H-pyrrole nitrogens is 1. The predicted octanol–water partition coefficient (Wildman–Crippen LogP) is 2.24. The van der Waals surface area contributed by atoms with Crippen molar-refractivity contribution in [2.24, 2.45) is 0 Å². The molecule has 0 atom stereocenters. The van der Waals surface area contributed by atoms with Gasteiger partial charge in [-0.25, -0.2) is 0 Å². The van der Waals surface area contributed by atoms with E-state index in [9.17, 15) is 10.1 Å². The summed E-state index contributed by atoms with van der Waals surface area (Å²) in [6.45, 7) is 1.83. The lowest BCUT2D eigenvalue weighted by Crippen LogP contribution is -2.13. The molecule has 0 aliphatic rings. The Kier molecular flexibility index (Phi) is 4.50. The second-order valence-electron chi connectivity index (χ2n) is 4.54. The Balaban J connectivity index is 2.73. The Morgan fingerprint density at radius 1 is 1.32 bits per heavy atom. The van der Waals surface area contributed by atoms with E-state index in [1.165, 1.54) is 7.11 Å². The van der Waals surface area contributed by atoms with Gasteiger partial charge in [0.1, 0.15) is 29.7 Å². The number of benzene rings is 1. The van der Waals surface area contributed by atoms with Gasteiger partial charge in [-0.05, 0) is 31.2 Å². The van der Waals surface area contributed by atoms with Crippen LogP contribution in [-0.2, 0) is 0 Å². The van der Waals surface area contributed by atoms with E-state index in [0.29, 0.717) is 28.3 Å². The number of nitriles is 1. The number of hydrogen-bond acceptors (Lipinski definition) is 4. The molecule has 0 unspecified atom stereocenters. The Morgan fingerprint density at radius 3 is 2.73 bits per heavy atom. The first-order valence-corrected chi connectivity index (χ1v) is 6.49. The minimum absolute atomic E-state index is 0.0180. The summed E-state index contributed by atoms with van der Waals surface area (Å²) >= 11 is 0. The number of aromatic amines is 1. The zero-order valence-corrected chi connectivity index (χ0v) is 12.3. The smallest absolute Gasteiger partial charge is 0.266 e. The number of aryl methyl sites for hydroxylation is 1. The number of aromatic nitrogens is 1. The zero-order chi connectivity index (χ0) is 16.1. The van der Waals surface area contributed by atoms with E-state index in [-0.39, 0.29) is 12.2 Å². The molecule has 5 nitrogen and oxygen atoms in total. The highest BCUT2D eigenvalue weighted by Gasteiger charge is 2.15. The average Bonchev–Trinajstić information content (AvgIpc) is 2.52. The van der Waals surface area contributed by atoms with Gasteiger partial charge in [-0.3, -0.25) is 4.79 Å². The number of pyridine rings is 1. The topological polar surface area (TPSA) is 75.1 Å². The molecule has 0 saturated heterocycles. The third kappa shape index (κ3) is 2.94. The highest BCUT2D eigenvalue weighted by atomic mass is 16.5. The fourth-order valence-corrected chi connectivity index (χ4v) is 2.10. The summed E-state index contributed by atoms with van der Waals surface area (Å²) in [4.78, 5) is 14.6. The molecular formula is C17H14N2O3. The minimum Gasteiger partial charge on any atom is -0.497 e. The van der Waals surface area contributed by atoms with Gasteiger partial charge in [0.05, 0.1) is 7.11 Å². The Hall–Kier alpha value is -3.18. The van der Waals surface area contributed by atoms with E-state index in [2.05, 4.69) is 10.9 Å². The number of methoxy groups -OCH3 is 1. The van der Waals surface area contributed by atoms with Crippen molar-refractivity contribution in [2.45, 2.75) is 6.92 Å².